The number of carbonyl (C=O) groups excluding carboxylic acids is 2. The van der Waals surface area contributed by atoms with Gasteiger partial charge in [0.2, 0.25) is 0 Å². The number of cyclic esters (lactones) is 1. The summed E-state index contributed by atoms with van der Waals surface area (Å²) >= 11 is 0. The maximum atomic E-state index is 13.9. The quantitative estimate of drug-likeness (QED) is 0.510. The molecule has 0 bridgehead atoms. The number of amides is 1. The third kappa shape index (κ3) is 4.38. The van der Waals surface area contributed by atoms with Gasteiger partial charge >= 0.3 is 5.97 Å². The number of carbonyl (C=O) groups is 2. The Hall–Kier alpha value is -3.54. The number of rotatable bonds is 4. The van der Waals surface area contributed by atoms with Gasteiger partial charge < -0.3 is 19.1 Å². The molecule has 6 nitrogen and oxygen atoms in total. The Morgan fingerprint density at radius 1 is 0.848 bits per heavy atom. The Bertz CT molecular complexity index is 1110. The number of ether oxygens (including phenoxy) is 3. The summed E-state index contributed by atoms with van der Waals surface area (Å²) in [6, 6.07) is 14.9. The fourth-order valence-electron chi connectivity index (χ4n) is 4.53. The monoisotopic (exact) mass is 447 g/mol. The van der Waals surface area contributed by atoms with Crippen molar-refractivity contribution in [3.05, 3.63) is 70.8 Å². The second-order valence-corrected chi connectivity index (χ2v) is 8.35. The standard InChI is InChI=1S/C27H29NO5/c1-17(19-7-11-22(31-3)12-8-19)24-25(18(2)20-9-13-23(32-4)14-10-20)27(30)33-16-21-6-5-15-28(21)26(24)29/h7-14,21H,5-6,15-16H2,1-4H3/b24-17+,25-18+/t21-/m0/s1. The Morgan fingerprint density at radius 3 is 1.88 bits per heavy atom. The topological polar surface area (TPSA) is 65.1 Å². The van der Waals surface area contributed by atoms with E-state index in [4.69, 9.17) is 14.2 Å². The molecule has 2 aliphatic rings. The zero-order valence-electron chi connectivity index (χ0n) is 19.5. The number of nitrogens with zero attached hydrogens (tertiary/aromatic N) is 1. The summed E-state index contributed by atoms with van der Waals surface area (Å²) in [7, 11) is 3.22. The van der Waals surface area contributed by atoms with E-state index in [2.05, 4.69) is 0 Å². The molecular formula is C27H29NO5. The van der Waals surface area contributed by atoms with E-state index in [1.807, 2.05) is 67.3 Å². The number of methoxy groups -OCH3 is 2. The van der Waals surface area contributed by atoms with Crippen LogP contribution in [0.4, 0.5) is 0 Å². The fourth-order valence-corrected chi connectivity index (χ4v) is 4.53. The van der Waals surface area contributed by atoms with Crippen LogP contribution in [-0.4, -0.2) is 50.2 Å². The molecule has 6 heteroatoms. The highest BCUT2D eigenvalue weighted by atomic mass is 16.5. The molecule has 0 N–H and O–H groups in total. The molecule has 33 heavy (non-hydrogen) atoms. The van der Waals surface area contributed by atoms with Crippen LogP contribution in [0.15, 0.2) is 59.7 Å². The summed E-state index contributed by atoms with van der Waals surface area (Å²) in [5.41, 5.74) is 3.80. The van der Waals surface area contributed by atoms with Crippen molar-refractivity contribution < 1.29 is 23.8 Å². The summed E-state index contributed by atoms with van der Waals surface area (Å²) in [6.07, 6.45) is 1.74. The second kappa shape index (κ2) is 9.53. The molecule has 4 rings (SSSR count). The van der Waals surface area contributed by atoms with Gasteiger partial charge in [-0.3, -0.25) is 4.79 Å². The molecule has 0 radical (unpaired) electrons. The number of benzene rings is 2. The molecule has 2 aliphatic heterocycles. The highest BCUT2D eigenvalue weighted by Crippen LogP contribution is 2.36. The normalized spacial score (nSPS) is 21.6. The summed E-state index contributed by atoms with van der Waals surface area (Å²) < 4.78 is 16.3. The molecule has 2 fully saturated rings. The molecule has 2 heterocycles. The lowest BCUT2D eigenvalue weighted by Gasteiger charge is -2.30. The second-order valence-electron chi connectivity index (χ2n) is 8.35. The van der Waals surface area contributed by atoms with Gasteiger partial charge in [-0.05, 0) is 73.2 Å². The Balaban J connectivity index is 1.92. The molecule has 2 aromatic rings. The van der Waals surface area contributed by atoms with E-state index in [1.54, 1.807) is 14.2 Å². The van der Waals surface area contributed by atoms with Crippen LogP contribution in [0.2, 0.25) is 0 Å². The number of allylic oxidation sites excluding steroid dienone is 2. The number of esters is 1. The minimum Gasteiger partial charge on any atom is -0.497 e. The minimum atomic E-state index is -0.467. The number of hydrogen-bond donors (Lipinski definition) is 0. The molecular weight excluding hydrogens is 418 g/mol. The van der Waals surface area contributed by atoms with E-state index in [-0.39, 0.29) is 18.6 Å². The zero-order chi connectivity index (χ0) is 23.5. The first-order valence-electron chi connectivity index (χ1n) is 11.1. The average Bonchev–Trinajstić information content (AvgIpc) is 3.32. The maximum Gasteiger partial charge on any atom is 0.339 e. The summed E-state index contributed by atoms with van der Waals surface area (Å²) in [5, 5.41) is 0. The predicted molar refractivity (Wildman–Crippen MR) is 127 cm³/mol. The van der Waals surface area contributed by atoms with Crippen LogP contribution in [0.3, 0.4) is 0 Å². The fraction of sp³-hybridized carbons (Fsp3) is 0.333. The smallest absolute Gasteiger partial charge is 0.339 e. The van der Waals surface area contributed by atoms with Crippen LogP contribution in [-0.2, 0) is 14.3 Å². The van der Waals surface area contributed by atoms with Gasteiger partial charge in [-0.25, -0.2) is 4.79 Å². The van der Waals surface area contributed by atoms with E-state index in [0.29, 0.717) is 23.3 Å². The third-order valence-corrected chi connectivity index (χ3v) is 6.51. The van der Waals surface area contributed by atoms with Gasteiger partial charge in [0.1, 0.15) is 18.1 Å². The molecule has 0 unspecified atom stereocenters. The van der Waals surface area contributed by atoms with Crippen molar-refractivity contribution in [1.29, 1.82) is 0 Å². The van der Waals surface area contributed by atoms with Crippen molar-refractivity contribution in [3.8, 4) is 11.5 Å². The number of hydrogen-bond acceptors (Lipinski definition) is 5. The first-order valence-corrected chi connectivity index (χ1v) is 11.1. The SMILES string of the molecule is COc1ccc(/C(C)=C2/C(=O)OC[C@@H]3CCCN3C(=O)/C2=C(\C)c2ccc(OC)cc2)cc1. The van der Waals surface area contributed by atoms with Gasteiger partial charge in [-0.1, -0.05) is 24.3 Å². The Morgan fingerprint density at radius 2 is 1.36 bits per heavy atom. The molecule has 0 aliphatic carbocycles. The lowest BCUT2D eigenvalue weighted by Crippen LogP contribution is -2.43. The van der Waals surface area contributed by atoms with Crippen molar-refractivity contribution in [2.75, 3.05) is 27.4 Å². The maximum absolute atomic E-state index is 13.9. The third-order valence-electron chi connectivity index (χ3n) is 6.51. The largest absolute Gasteiger partial charge is 0.497 e. The van der Waals surface area contributed by atoms with Crippen molar-refractivity contribution in [1.82, 2.24) is 4.90 Å². The predicted octanol–water partition coefficient (Wildman–Crippen LogP) is 4.50. The van der Waals surface area contributed by atoms with Crippen LogP contribution in [0.1, 0.15) is 37.8 Å². The molecule has 0 spiro atoms. The van der Waals surface area contributed by atoms with Crippen LogP contribution >= 0.6 is 0 Å². The zero-order valence-corrected chi connectivity index (χ0v) is 19.5. The van der Waals surface area contributed by atoms with Gasteiger partial charge in [0.25, 0.3) is 5.91 Å². The Labute approximate surface area is 194 Å². The van der Waals surface area contributed by atoms with Gasteiger partial charge in [0.05, 0.1) is 31.4 Å². The van der Waals surface area contributed by atoms with Crippen molar-refractivity contribution >= 4 is 23.0 Å². The van der Waals surface area contributed by atoms with Crippen LogP contribution in [0, 0.1) is 0 Å². The highest BCUT2D eigenvalue weighted by molar-refractivity contribution is 6.18. The molecule has 0 aromatic heterocycles. The molecule has 172 valence electrons. The van der Waals surface area contributed by atoms with Crippen LogP contribution in [0.5, 0.6) is 11.5 Å². The van der Waals surface area contributed by atoms with E-state index in [1.165, 1.54) is 0 Å². The van der Waals surface area contributed by atoms with Gasteiger partial charge in [0, 0.05) is 6.54 Å². The van der Waals surface area contributed by atoms with E-state index in [0.717, 1.165) is 41.0 Å². The summed E-state index contributed by atoms with van der Waals surface area (Å²) in [4.78, 5) is 29.1. The summed E-state index contributed by atoms with van der Waals surface area (Å²) in [5.74, 6) is 0.860. The van der Waals surface area contributed by atoms with Gasteiger partial charge in [0.15, 0.2) is 0 Å². The first kappa shape index (κ1) is 22.6. The first-order chi connectivity index (χ1) is 15.9. The van der Waals surface area contributed by atoms with E-state index < -0.39 is 5.97 Å². The van der Waals surface area contributed by atoms with E-state index >= 15 is 0 Å². The van der Waals surface area contributed by atoms with Gasteiger partial charge in [-0.2, -0.15) is 0 Å². The lowest BCUT2D eigenvalue weighted by molar-refractivity contribution is -0.144. The molecule has 2 aromatic carbocycles. The average molecular weight is 448 g/mol. The lowest BCUT2D eigenvalue weighted by atomic mass is 9.89. The van der Waals surface area contributed by atoms with Gasteiger partial charge in [-0.15, -0.1) is 0 Å². The van der Waals surface area contributed by atoms with Crippen molar-refractivity contribution in [2.24, 2.45) is 0 Å². The number of fused-ring (bicyclic) bond motifs is 1. The molecule has 1 amide bonds. The molecule has 1 atom stereocenters. The van der Waals surface area contributed by atoms with E-state index in [9.17, 15) is 9.59 Å². The van der Waals surface area contributed by atoms with Crippen LogP contribution in [0.25, 0.3) is 11.1 Å². The Kier molecular flexibility index (Phi) is 6.54. The van der Waals surface area contributed by atoms with Crippen molar-refractivity contribution in [3.63, 3.8) is 0 Å². The minimum absolute atomic E-state index is 0.0806. The van der Waals surface area contributed by atoms with Crippen molar-refractivity contribution in [2.45, 2.75) is 32.7 Å². The van der Waals surface area contributed by atoms with Crippen LogP contribution < -0.4 is 9.47 Å². The summed E-state index contributed by atoms with van der Waals surface area (Å²) in [6.45, 7) is 4.63. The highest BCUT2D eigenvalue weighted by Gasteiger charge is 2.38. The molecule has 2 saturated heterocycles. The molecule has 0 saturated carbocycles.